The van der Waals surface area contributed by atoms with Crippen molar-refractivity contribution in [2.45, 2.75) is 30.4 Å². The number of hydrogen-bond acceptors (Lipinski definition) is 4. The van der Waals surface area contributed by atoms with Crippen LogP contribution in [-0.2, 0) is 21.3 Å². The minimum absolute atomic E-state index is 0.00456. The minimum Gasteiger partial charge on any atom is -0.377 e. The lowest BCUT2D eigenvalue weighted by Crippen LogP contribution is -2.31. The zero-order valence-electron chi connectivity index (χ0n) is 11.7. The SMILES string of the molecule is NC(N)=NCc1ccc(S(=O)(=O)NCC2CCCO2)cc1. The first-order valence-electron chi connectivity index (χ1n) is 6.73. The number of aliphatic imine (C=N–C) groups is 1. The van der Waals surface area contributed by atoms with Gasteiger partial charge in [0.05, 0.1) is 17.5 Å². The van der Waals surface area contributed by atoms with Gasteiger partial charge in [0.2, 0.25) is 10.0 Å². The fraction of sp³-hybridized carbons (Fsp3) is 0.462. The molecule has 5 N–H and O–H groups in total. The quantitative estimate of drug-likeness (QED) is 0.501. The van der Waals surface area contributed by atoms with Crippen LogP contribution in [0.15, 0.2) is 34.2 Å². The van der Waals surface area contributed by atoms with Gasteiger partial charge in [-0.2, -0.15) is 0 Å². The lowest BCUT2D eigenvalue weighted by Gasteiger charge is -2.11. The summed E-state index contributed by atoms with van der Waals surface area (Å²) in [5.74, 6) is 0.00456. The third-order valence-electron chi connectivity index (χ3n) is 3.20. The molecule has 1 unspecified atom stereocenters. The van der Waals surface area contributed by atoms with Crippen molar-refractivity contribution < 1.29 is 13.2 Å². The van der Waals surface area contributed by atoms with Gasteiger partial charge in [0.1, 0.15) is 0 Å². The summed E-state index contributed by atoms with van der Waals surface area (Å²) in [5.41, 5.74) is 11.3. The van der Waals surface area contributed by atoms with Gasteiger partial charge < -0.3 is 16.2 Å². The molecule has 1 aromatic rings. The molecule has 21 heavy (non-hydrogen) atoms. The van der Waals surface area contributed by atoms with Crippen LogP contribution >= 0.6 is 0 Å². The van der Waals surface area contributed by atoms with Crippen LogP contribution in [0.5, 0.6) is 0 Å². The van der Waals surface area contributed by atoms with E-state index in [0.29, 0.717) is 19.7 Å². The first kappa shape index (κ1) is 15.7. The number of sulfonamides is 1. The number of hydrogen-bond donors (Lipinski definition) is 3. The van der Waals surface area contributed by atoms with Crippen molar-refractivity contribution in [2.24, 2.45) is 16.5 Å². The average Bonchev–Trinajstić information content (AvgIpc) is 2.97. The zero-order chi connectivity index (χ0) is 15.3. The third-order valence-corrected chi connectivity index (χ3v) is 4.64. The second-order valence-electron chi connectivity index (χ2n) is 4.87. The highest BCUT2D eigenvalue weighted by molar-refractivity contribution is 7.89. The Labute approximate surface area is 124 Å². The van der Waals surface area contributed by atoms with E-state index in [2.05, 4.69) is 9.71 Å². The fourth-order valence-electron chi connectivity index (χ4n) is 2.05. The fourth-order valence-corrected chi connectivity index (χ4v) is 3.11. The number of nitrogens with one attached hydrogen (secondary N) is 1. The molecule has 2 rings (SSSR count). The van der Waals surface area contributed by atoms with E-state index in [4.69, 9.17) is 16.2 Å². The van der Waals surface area contributed by atoms with Crippen LogP contribution in [-0.4, -0.2) is 33.6 Å². The average molecular weight is 312 g/mol. The van der Waals surface area contributed by atoms with E-state index in [1.165, 1.54) is 12.1 Å². The predicted octanol–water partition coefficient (Wildman–Crippen LogP) is -0.0827. The van der Waals surface area contributed by atoms with Gasteiger partial charge in [-0.25, -0.2) is 18.1 Å². The van der Waals surface area contributed by atoms with Crippen molar-refractivity contribution in [1.82, 2.24) is 4.72 Å². The zero-order valence-corrected chi connectivity index (χ0v) is 12.5. The number of nitrogens with two attached hydrogens (primary N) is 2. The number of benzene rings is 1. The molecule has 0 saturated carbocycles. The molecule has 1 fully saturated rings. The van der Waals surface area contributed by atoms with E-state index in [-0.39, 0.29) is 17.0 Å². The van der Waals surface area contributed by atoms with Crippen molar-refractivity contribution in [3.63, 3.8) is 0 Å². The van der Waals surface area contributed by atoms with Crippen LogP contribution in [0.25, 0.3) is 0 Å². The molecule has 8 heteroatoms. The number of ether oxygens (including phenoxy) is 1. The summed E-state index contributed by atoms with van der Waals surface area (Å²) in [6.45, 7) is 1.33. The van der Waals surface area contributed by atoms with Crippen LogP contribution < -0.4 is 16.2 Å². The van der Waals surface area contributed by atoms with Crippen molar-refractivity contribution >= 4 is 16.0 Å². The van der Waals surface area contributed by atoms with Gasteiger partial charge in [0, 0.05) is 13.2 Å². The Kier molecular flexibility index (Phi) is 5.16. The van der Waals surface area contributed by atoms with Crippen LogP contribution in [0.2, 0.25) is 0 Å². The molecule has 0 bridgehead atoms. The molecule has 116 valence electrons. The monoisotopic (exact) mass is 312 g/mol. The molecule has 0 aromatic heterocycles. The van der Waals surface area contributed by atoms with Gasteiger partial charge >= 0.3 is 0 Å². The van der Waals surface area contributed by atoms with Gasteiger partial charge in [0.25, 0.3) is 0 Å². The summed E-state index contributed by atoms with van der Waals surface area (Å²) >= 11 is 0. The smallest absolute Gasteiger partial charge is 0.240 e. The summed E-state index contributed by atoms with van der Waals surface area (Å²) in [5, 5.41) is 0. The summed E-state index contributed by atoms with van der Waals surface area (Å²) in [7, 11) is -3.51. The molecule has 7 nitrogen and oxygen atoms in total. The first-order chi connectivity index (χ1) is 9.97. The maximum absolute atomic E-state index is 12.1. The first-order valence-corrected chi connectivity index (χ1v) is 8.21. The third kappa shape index (κ3) is 4.69. The Bertz CT molecular complexity index is 588. The molecular weight excluding hydrogens is 292 g/mol. The van der Waals surface area contributed by atoms with E-state index in [0.717, 1.165) is 18.4 Å². The molecule has 1 saturated heterocycles. The minimum atomic E-state index is -3.51. The van der Waals surface area contributed by atoms with Gasteiger partial charge in [-0.1, -0.05) is 12.1 Å². The second-order valence-corrected chi connectivity index (χ2v) is 6.64. The molecule has 0 spiro atoms. The Morgan fingerprint density at radius 3 is 2.62 bits per heavy atom. The molecule has 0 radical (unpaired) electrons. The van der Waals surface area contributed by atoms with Crippen LogP contribution in [0.1, 0.15) is 18.4 Å². The molecular formula is C13H20N4O3S. The summed E-state index contributed by atoms with van der Waals surface area (Å²) < 4.78 is 32.2. The Morgan fingerprint density at radius 2 is 2.05 bits per heavy atom. The van der Waals surface area contributed by atoms with Crippen molar-refractivity contribution in [1.29, 1.82) is 0 Å². The van der Waals surface area contributed by atoms with Gasteiger partial charge in [-0.3, -0.25) is 0 Å². The maximum Gasteiger partial charge on any atom is 0.240 e. The topological polar surface area (TPSA) is 120 Å². The standard InChI is InChI=1S/C13H20N4O3S/c14-13(15)16-8-10-3-5-12(6-4-10)21(18,19)17-9-11-2-1-7-20-11/h3-6,11,17H,1-2,7-9H2,(H4,14,15,16). The van der Waals surface area contributed by atoms with Gasteiger partial charge in [0.15, 0.2) is 5.96 Å². The van der Waals surface area contributed by atoms with E-state index < -0.39 is 10.0 Å². The summed E-state index contributed by atoms with van der Waals surface area (Å²) in [6, 6.07) is 6.45. The molecule has 0 aliphatic carbocycles. The Hall–Kier alpha value is -1.64. The highest BCUT2D eigenvalue weighted by Crippen LogP contribution is 2.14. The van der Waals surface area contributed by atoms with E-state index in [1.807, 2.05) is 0 Å². The van der Waals surface area contributed by atoms with Gasteiger partial charge in [-0.05, 0) is 30.5 Å². The van der Waals surface area contributed by atoms with Crippen LogP contribution in [0, 0.1) is 0 Å². The highest BCUT2D eigenvalue weighted by Gasteiger charge is 2.20. The number of nitrogens with zero attached hydrogens (tertiary/aromatic N) is 1. The Balaban J connectivity index is 1.97. The van der Waals surface area contributed by atoms with E-state index in [9.17, 15) is 8.42 Å². The number of rotatable bonds is 6. The summed E-state index contributed by atoms with van der Waals surface area (Å²) in [6.07, 6.45) is 1.84. The molecule has 1 atom stereocenters. The molecule has 1 aliphatic rings. The highest BCUT2D eigenvalue weighted by atomic mass is 32.2. The Morgan fingerprint density at radius 1 is 1.33 bits per heavy atom. The number of guanidine groups is 1. The van der Waals surface area contributed by atoms with Crippen molar-refractivity contribution in [3.8, 4) is 0 Å². The normalized spacial score (nSPS) is 18.6. The predicted molar refractivity (Wildman–Crippen MR) is 80.1 cm³/mol. The molecule has 1 aliphatic heterocycles. The van der Waals surface area contributed by atoms with E-state index >= 15 is 0 Å². The van der Waals surface area contributed by atoms with Crippen molar-refractivity contribution in [2.75, 3.05) is 13.2 Å². The van der Waals surface area contributed by atoms with E-state index in [1.54, 1.807) is 12.1 Å². The van der Waals surface area contributed by atoms with Gasteiger partial charge in [-0.15, -0.1) is 0 Å². The van der Waals surface area contributed by atoms with Crippen LogP contribution in [0.4, 0.5) is 0 Å². The second kappa shape index (κ2) is 6.88. The van der Waals surface area contributed by atoms with Crippen molar-refractivity contribution in [3.05, 3.63) is 29.8 Å². The lowest BCUT2D eigenvalue weighted by molar-refractivity contribution is 0.114. The largest absolute Gasteiger partial charge is 0.377 e. The van der Waals surface area contributed by atoms with Crippen LogP contribution in [0.3, 0.4) is 0 Å². The molecule has 0 amide bonds. The lowest BCUT2D eigenvalue weighted by atomic mass is 10.2. The molecule has 1 aromatic carbocycles. The maximum atomic E-state index is 12.1. The molecule has 1 heterocycles. The summed E-state index contributed by atoms with van der Waals surface area (Å²) in [4.78, 5) is 4.08.